The fraction of sp³-hybridized carbons (Fsp3) is 0.167. The molecule has 116 valence electrons. The Bertz CT molecular complexity index is 757. The number of nitrogens with zero attached hydrogens (tertiary/aromatic N) is 3. The van der Waals surface area contributed by atoms with Crippen LogP contribution in [0.25, 0.3) is 5.69 Å². The van der Waals surface area contributed by atoms with Crippen molar-refractivity contribution in [2.24, 2.45) is 0 Å². The summed E-state index contributed by atoms with van der Waals surface area (Å²) in [5, 5.41) is 14.2. The highest BCUT2D eigenvalue weighted by atomic mass is 35.5. The molecule has 4 nitrogen and oxygen atoms in total. The fourth-order valence-corrected chi connectivity index (χ4v) is 2.92. The SMILES string of the molecule is Cc1nn(-c2c(Cl)cc(C(F)(F)F)cc2Cl)c(N)c1SC#N. The molecule has 0 aliphatic carbocycles. The molecule has 10 heteroatoms. The standard InChI is InChI=1S/C12H7Cl2F3N4S/c1-5-10(22-4-18)11(19)21(20-5)9-7(13)2-6(3-8(9)14)12(15,16)17/h2-3H,19H2,1H3. The van der Waals surface area contributed by atoms with Crippen LogP contribution in [0.15, 0.2) is 17.0 Å². The quantitative estimate of drug-likeness (QED) is 0.619. The second-order valence-corrected chi connectivity index (χ2v) is 5.80. The van der Waals surface area contributed by atoms with E-state index in [9.17, 15) is 13.2 Å². The number of halogens is 5. The van der Waals surface area contributed by atoms with Gasteiger partial charge in [-0.25, -0.2) is 4.68 Å². The van der Waals surface area contributed by atoms with E-state index in [0.29, 0.717) is 10.6 Å². The van der Waals surface area contributed by atoms with Crippen LogP contribution >= 0.6 is 35.0 Å². The number of hydrogen-bond acceptors (Lipinski definition) is 4. The predicted octanol–water partition coefficient (Wildman–Crippen LogP) is 4.66. The van der Waals surface area contributed by atoms with Gasteiger partial charge in [-0.3, -0.25) is 0 Å². The number of aryl methyl sites for hydroxylation is 1. The number of benzene rings is 1. The molecule has 0 atom stereocenters. The summed E-state index contributed by atoms with van der Waals surface area (Å²) in [5.74, 6) is 0.0765. The van der Waals surface area contributed by atoms with Crippen LogP contribution in [0.4, 0.5) is 19.0 Å². The summed E-state index contributed by atoms with van der Waals surface area (Å²) in [6, 6.07) is 1.49. The smallest absolute Gasteiger partial charge is 0.383 e. The summed E-state index contributed by atoms with van der Waals surface area (Å²) in [6.07, 6.45) is -4.57. The van der Waals surface area contributed by atoms with Gasteiger partial charge in [0.15, 0.2) is 0 Å². The number of nitriles is 1. The normalized spacial score (nSPS) is 11.5. The van der Waals surface area contributed by atoms with Crippen LogP contribution in [0, 0.1) is 17.6 Å². The van der Waals surface area contributed by atoms with Gasteiger partial charge in [0.2, 0.25) is 0 Å². The largest absolute Gasteiger partial charge is 0.416 e. The number of nitrogen functional groups attached to an aromatic ring is 1. The zero-order valence-electron chi connectivity index (χ0n) is 10.9. The molecule has 1 heterocycles. The maximum absolute atomic E-state index is 12.7. The lowest BCUT2D eigenvalue weighted by Crippen LogP contribution is -2.08. The molecule has 0 unspecified atom stereocenters. The first-order chi connectivity index (χ1) is 10.2. The first-order valence-corrected chi connectivity index (χ1v) is 7.21. The van der Waals surface area contributed by atoms with Crippen molar-refractivity contribution in [3.63, 3.8) is 0 Å². The fourth-order valence-electron chi connectivity index (χ4n) is 1.80. The Kier molecular flexibility index (Phi) is 4.52. The van der Waals surface area contributed by atoms with Gasteiger partial charge in [-0.15, -0.1) is 0 Å². The third kappa shape index (κ3) is 2.97. The van der Waals surface area contributed by atoms with Crippen molar-refractivity contribution in [2.75, 3.05) is 5.73 Å². The lowest BCUT2D eigenvalue weighted by atomic mass is 10.2. The topological polar surface area (TPSA) is 67.6 Å². The molecule has 0 aliphatic heterocycles. The first-order valence-electron chi connectivity index (χ1n) is 5.64. The van der Waals surface area contributed by atoms with Gasteiger partial charge in [-0.1, -0.05) is 23.2 Å². The molecule has 2 N–H and O–H groups in total. The molecule has 0 radical (unpaired) electrons. The molecule has 22 heavy (non-hydrogen) atoms. The van der Waals surface area contributed by atoms with Gasteiger partial charge < -0.3 is 5.73 Å². The minimum atomic E-state index is -4.57. The lowest BCUT2D eigenvalue weighted by molar-refractivity contribution is -0.137. The second kappa shape index (κ2) is 5.91. The van der Waals surface area contributed by atoms with E-state index in [2.05, 4.69) is 5.10 Å². The van der Waals surface area contributed by atoms with Crippen LogP contribution in [0.3, 0.4) is 0 Å². The number of thiocyanates is 1. The molecule has 2 aromatic rings. The van der Waals surface area contributed by atoms with E-state index >= 15 is 0 Å². The Morgan fingerprint density at radius 1 is 1.32 bits per heavy atom. The van der Waals surface area contributed by atoms with Crippen molar-refractivity contribution in [1.29, 1.82) is 5.26 Å². The van der Waals surface area contributed by atoms with Gasteiger partial charge in [0.25, 0.3) is 0 Å². The van der Waals surface area contributed by atoms with E-state index in [0.717, 1.165) is 28.6 Å². The first kappa shape index (κ1) is 16.8. The van der Waals surface area contributed by atoms with Crippen LogP contribution in [-0.4, -0.2) is 9.78 Å². The zero-order chi connectivity index (χ0) is 16.7. The molecule has 0 fully saturated rings. The van der Waals surface area contributed by atoms with E-state index < -0.39 is 11.7 Å². The Balaban J connectivity index is 2.65. The van der Waals surface area contributed by atoms with Crippen molar-refractivity contribution in [2.45, 2.75) is 18.0 Å². The van der Waals surface area contributed by atoms with Crippen molar-refractivity contribution >= 4 is 40.8 Å². The Morgan fingerprint density at radius 2 is 1.86 bits per heavy atom. The van der Waals surface area contributed by atoms with Crippen LogP contribution in [0.5, 0.6) is 0 Å². The maximum atomic E-state index is 12.7. The van der Waals surface area contributed by atoms with E-state index in [-0.39, 0.29) is 21.6 Å². The van der Waals surface area contributed by atoms with Gasteiger partial charge in [-0.2, -0.15) is 23.5 Å². The average Bonchev–Trinajstić information content (AvgIpc) is 2.65. The van der Waals surface area contributed by atoms with E-state index in [1.807, 2.05) is 5.40 Å². The van der Waals surface area contributed by atoms with Gasteiger partial charge in [0.1, 0.15) is 16.9 Å². The molecule has 0 amide bonds. The number of alkyl halides is 3. The highest BCUT2D eigenvalue weighted by Crippen LogP contribution is 2.39. The summed E-state index contributed by atoms with van der Waals surface area (Å²) in [6.45, 7) is 1.61. The number of hydrogen-bond donors (Lipinski definition) is 1. The molecule has 1 aromatic carbocycles. The monoisotopic (exact) mass is 366 g/mol. The van der Waals surface area contributed by atoms with Gasteiger partial charge in [0, 0.05) is 0 Å². The number of nitrogens with two attached hydrogens (primary N) is 1. The molecule has 0 saturated heterocycles. The molecular weight excluding hydrogens is 360 g/mol. The van der Waals surface area contributed by atoms with Gasteiger partial charge in [0.05, 0.1) is 26.2 Å². The predicted molar refractivity (Wildman–Crippen MR) is 79.2 cm³/mol. The zero-order valence-corrected chi connectivity index (χ0v) is 13.2. The molecular formula is C12H7Cl2F3N4S. The van der Waals surface area contributed by atoms with E-state index in [4.69, 9.17) is 34.2 Å². The van der Waals surface area contributed by atoms with Crippen LogP contribution < -0.4 is 5.73 Å². The van der Waals surface area contributed by atoms with Crippen LogP contribution in [-0.2, 0) is 6.18 Å². The van der Waals surface area contributed by atoms with E-state index in [1.54, 1.807) is 6.92 Å². The number of anilines is 1. The van der Waals surface area contributed by atoms with Crippen molar-refractivity contribution in [1.82, 2.24) is 9.78 Å². The van der Waals surface area contributed by atoms with Crippen molar-refractivity contribution in [3.05, 3.63) is 33.4 Å². The highest BCUT2D eigenvalue weighted by Gasteiger charge is 2.32. The lowest BCUT2D eigenvalue weighted by Gasteiger charge is -2.13. The van der Waals surface area contributed by atoms with Gasteiger partial charge in [-0.05, 0) is 30.8 Å². The summed E-state index contributed by atoms with van der Waals surface area (Å²) in [5.41, 5.74) is 5.37. The highest BCUT2D eigenvalue weighted by molar-refractivity contribution is 8.03. The summed E-state index contributed by atoms with van der Waals surface area (Å²) < 4.78 is 39.3. The Hall–Kier alpha value is -1.56. The van der Waals surface area contributed by atoms with Crippen LogP contribution in [0.1, 0.15) is 11.3 Å². The number of rotatable bonds is 2. The van der Waals surface area contributed by atoms with Gasteiger partial charge >= 0.3 is 6.18 Å². The average molecular weight is 367 g/mol. The number of thioether (sulfide) groups is 1. The number of aromatic nitrogens is 2. The minimum absolute atomic E-state index is 0.0294. The van der Waals surface area contributed by atoms with Crippen molar-refractivity contribution in [3.8, 4) is 11.1 Å². The van der Waals surface area contributed by atoms with Crippen molar-refractivity contribution < 1.29 is 13.2 Å². The molecule has 0 spiro atoms. The molecule has 2 rings (SSSR count). The summed E-state index contributed by atoms with van der Waals surface area (Å²) in [7, 11) is 0. The molecule has 0 bridgehead atoms. The maximum Gasteiger partial charge on any atom is 0.416 e. The van der Waals surface area contributed by atoms with Crippen LogP contribution in [0.2, 0.25) is 10.0 Å². The minimum Gasteiger partial charge on any atom is -0.383 e. The van der Waals surface area contributed by atoms with E-state index in [1.165, 1.54) is 0 Å². The summed E-state index contributed by atoms with van der Waals surface area (Å²) in [4.78, 5) is 0.398. The Morgan fingerprint density at radius 3 is 2.32 bits per heavy atom. The third-order valence-electron chi connectivity index (χ3n) is 2.74. The molecule has 1 aromatic heterocycles. The third-order valence-corrected chi connectivity index (χ3v) is 4.12. The summed E-state index contributed by atoms with van der Waals surface area (Å²) >= 11 is 12.6. The molecule has 0 saturated carbocycles. The Labute approximate surface area is 137 Å². The molecule has 0 aliphatic rings. The second-order valence-electron chi connectivity index (χ2n) is 4.19.